The van der Waals surface area contributed by atoms with Crippen molar-refractivity contribution in [3.8, 4) is 0 Å². The smallest absolute Gasteiger partial charge is 0.337 e. The van der Waals surface area contributed by atoms with Gasteiger partial charge in [0.25, 0.3) is 0 Å². The summed E-state index contributed by atoms with van der Waals surface area (Å²) in [5.41, 5.74) is 0.733. The molecule has 17 nitrogen and oxygen atoms in total. The van der Waals surface area contributed by atoms with Crippen LogP contribution in [-0.4, -0.2) is 142 Å². The lowest BCUT2D eigenvalue weighted by Gasteiger charge is -2.42. The van der Waals surface area contributed by atoms with E-state index in [4.69, 9.17) is 33.2 Å². The Morgan fingerprint density at radius 1 is 0.857 bits per heavy atom. The number of aliphatic hydroxyl groups excluding tert-OH is 7. The van der Waals surface area contributed by atoms with Crippen LogP contribution >= 0.6 is 0 Å². The summed E-state index contributed by atoms with van der Waals surface area (Å²) < 4.78 is 37.3. The maximum Gasteiger partial charge on any atom is 0.337 e. The van der Waals surface area contributed by atoms with Gasteiger partial charge in [0.1, 0.15) is 55.4 Å². The second-order valence-corrected chi connectivity index (χ2v) is 11.3. The molecule has 0 aliphatic carbocycles. The van der Waals surface area contributed by atoms with E-state index in [1.54, 1.807) is 30.3 Å². The van der Waals surface area contributed by atoms with Crippen LogP contribution in [0.5, 0.6) is 0 Å². The maximum atomic E-state index is 13.1. The molecule has 0 spiro atoms. The third-order valence-corrected chi connectivity index (χ3v) is 8.12. The number of rotatable bonds is 11. The number of allylic oxidation sites excluding steroid dienone is 1. The molecule has 3 aliphatic rings. The van der Waals surface area contributed by atoms with Gasteiger partial charge in [-0.2, -0.15) is 0 Å². The van der Waals surface area contributed by atoms with Gasteiger partial charge in [0.2, 0.25) is 12.6 Å². The van der Waals surface area contributed by atoms with Crippen LogP contribution in [0.1, 0.15) is 18.9 Å². The minimum atomic E-state index is -1.84. The van der Waals surface area contributed by atoms with Gasteiger partial charge in [0, 0.05) is 17.6 Å². The molecule has 2 saturated heterocycles. The highest BCUT2D eigenvalue weighted by Gasteiger charge is 2.48. The Hall–Kier alpha value is -3.75. The molecule has 0 aromatic heterocycles. The van der Waals surface area contributed by atoms with E-state index in [0.717, 1.165) is 19.4 Å². The highest BCUT2D eigenvalue weighted by atomic mass is 16.8. The number of hydrogen-bond acceptors (Lipinski definition) is 17. The molecule has 0 saturated carbocycles. The van der Waals surface area contributed by atoms with Crippen LogP contribution in [0.3, 0.4) is 0 Å². The molecule has 49 heavy (non-hydrogen) atoms. The van der Waals surface area contributed by atoms with Gasteiger partial charge in [-0.3, -0.25) is 4.79 Å². The van der Waals surface area contributed by atoms with Crippen molar-refractivity contribution in [2.75, 3.05) is 20.3 Å². The highest BCUT2D eigenvalue weighted by Crippen LogP contribution is 2.36. The van der Waals surface area contributed by atoms with Crippen LogP contribution in [0.2, 0.25) is 0 Å². The number of methoxy groups -OCH3 is 1. The molecule has 0 amide bonds. The zero-order chi connectivity index (χ0) is 35.8. The van der Waals surface area contributed by atoms with Crippen molar-refractivity contribution in [1.82, 2.24) is 0 Å². The highest BCUT2D eigenvalue weighted by molar-refractivity contribution is 5.90. The summed E-state index contributed by atoms with van der Waals surface area (Å²) in [5, 5.41) is 71.3. The summed E-state index contributed by atoms with van der Waals surface area (Å²) >= 11 is 0. The first-order chi connectivity index (χ1) is 23.4. The first-order valence-electron chi connectivity index (χ1n) is 15.2. The Bertz CT molecular complexity index is 1380. The molecule has 1 aromatic carbocycles. The van der Waals surface area contributed by atoms with Gasteiger partial charge in [-0.05, 0) is 18.6 Å². The minimum absolute atomic E-state index is 0.121. The molecule has 3 aliphatic heterocycles. The van der Waals surface area contributed by atoms with Gasteiger partial charge in [-0.25, -0.2) is 9.59 Å². The molecule has 4 rings (SSSR count). The SMILES string of the molecule is CC=C1[C@@H](O[C@@H]2O[C@H](CO)[C@H](O)[C@H](O)[C@H]2O)OC=C(C(=O)OC)[C@@H]1CC(=O)OC[C@@H]1O[C@H](OC(=O)C=Cc2ccccc2)[C@@H](O)[C@H](O)[C@H]1O. The molecule has 2 fully saturated rings. The van der Waals surface area contributed by atoms with Gasteiger partial charge >= 0.3 is 17.9 Å². The van der Waals surface area contributed by atoms with Crippen LogP contribution in [0, 0.1) is 5.92 Å². The monoisotopic (exact) mass is 696 g/mol. The van der Waals surface area contributed by atoms with Crippen LogP contribution < -0.4 is 0 Å². The lowest BCUT2D eigenvalue weighted by molar-refractivity contribution is -0.327. The number of benzene rings is 1. The molecule has 0 bridgehead atoms. The van der Waals surface area contributed by atoms with E-state index in [0.29, 0.717) is 5.56 Å². The van der Waals surface area contributed by atoms with E-state index >= 15 is 0 Å². The summed E-state index contributed by atoms with van der Waals surface area (Å²) in [6.07, 6.45) is -13.6. The molecule has 17 heteroatoms. The van der Waals surface area contributed by atoms with Crippen molar-refractivity contribution in [2.45, 2.75) is 81.0 Å². The fourth-order valence-corrected chi connectivity index (χ4v) is 5.36. The number of carbonyl (C=O) groups excluding carboxylic acids is 3. The molecule has 0 unspecified atom stereocenters. The van der Waals surface area contributed by atoms with Crippen molar-refractivity contribution in [3.05, 3.63) is 65.5 Å². The molecule has 12 atom stereocenters. The molecular weight excluding hydrogens is 656 g/mol. The number of ether oxygens (including phenoxy) is 7. The number of carbonyl (C=O) groups is 3. The van der Waals surface area contributed by atoms with Gasteiger partial charge in [-0.15, -0.1) is 0 Å². The molecule has 7 N–H and O–H groups in total. The van der Waals surface area contributed by atoms with Crippen molar-refractivity contribution in [3.63, 3.8) is 0 Å². The summed E-state index contributed by atoms with van der Waals surface area (Å²) in [6, 6.07) is 8.77. The van der Waals surface area contributed by atoms with E-state index in [9.17, 15) is 50.1 Å². The quantitative estimate of drug-likeness (QED) is 0.0559. The van der Waals surface area contributed by atoms with E-state index in [1.165, 1.54) is 19.1 Å². The lowest BCUT2D eigenvalue weighted by atomic mass is 9.86. The average Bonchev–Trinajstić information content (AvgIpc) is 3.10. The first kappa shape index (κ1) is 38.1. The van der Waals surface area contributed by atoms with E-state index in [1.807, 2.05) is 0 Å². The van der Waals surface area contributed by atoms with Gasteiger partial charge in [0.15, 0.2) is 6.29 Å². The molecular formula is C32H40O17. The average molecular weight is 697 g/mol. The fourth-order valence-electron chi connectivity index (χ4n) is 5.36. The molecule has 270 valence electrons. The van der Waals surface area contributed by atoms with Gasteiger partial charge in [0.05, 0.1) is 32.0 Å². The van der Waals surface area contributed by atoms with Gasteiger partial charge < -0.3 is 68.9 Å². The largest absolute Gasteiger partial charge is 0.468 e. The Morgan fingerprint density at radius 3 is 2.12 bits per heavy atom. The van der Waals surface area contributed by atoms with E-state index in [2.05, 4.69) is 0 Å². The maximum absolute atomic E-state index is 13.1. The van der Waals surface area contributed by atoms with Crippen LogP contribution in [0.15, 0.2) is 59.9 Å². The predicted molar refractivity (Wildman–Crippen MR) is 161 cm³/mol. The van der Waals surface area contributed by atoms with Crippen molar-refractivity contribution >= 4 is 24.0 Å². The Balaban J connectivity index is 1.41. The summed E-state index contributed by atoms with van der Waals surface area (Å²) in [5.74, 6) is -3.82. The van der Waals surface area contributed by atoms with Crippen LogP contribution in [0.4, 0.5) is 0 Å². The van der Waals surface area contributed by atoms with Crippen molar-refractivity contribution in [1.29, 1.82) is 0 Å². The van der Waals surface area contributed by atoms with Crippen LogP contribution in [0.25, 0.3) is 6.08 Å². The van der Waals surface area contributed by atoms with E-state index < -0.39 is 111 Å². The van der Waals surface area contributed by atoms with Gasteiger partial charge in [-0.1, -0.05) is 36.4 Å². The normalized spacial score (nSPS) is 35.7. The topological polar surface area (TPSA) is 257 Å². The molecule has 3 heterocycles. The number of aliphatic hydroxyl groups is 7. The fraction of sp³-hybridized carbons (Fsp3) is 0.531. The summed E-state index contributed by atoms with van der Waals surface area (Å²) in [6.45, 7) is 0.155. The Kier molecular flexibility index (Phi) is 13.4. The molecule has 0 radical (unpaired) electrons. The third-order valence-electron chi connectivity index (χ3n) is 8.12. The third kappa shape index (κ3) is 9.08. The first-order valence-corrected chi connectivity index (χ1v) is 15.2. The number of hydrogen-bond donors (Lipinski definition) is 7. The zero-order valence-electron chi connectivity index (χ0n) is 26.5. The van der Waals surface area contributed by atoms with Crippen molar-refractivity contribution < 1.29 is 83.3 Å². The van der Waals surface area contributed by atoms with Crippen LogP contribution in [-0.2, 0) is 47.5 Å². The standard InChI is InChI=1S/C32H40O17/c1-3-16-17(18(29(42)43-2)13-45-30(16)49-32-28(41)25(38)23(36)19(12-33)46-32)11-22(35)44-14-20-24(37)26(39)27(40)31(47-20)48-21(34)10-9-15-7-5-4-6-8-15/h3-10,13,17,19-20,23-28,30-33,36-41H,11-12,14H2,1-2H3/t17-,19-,20+,23+,24+,25+,26-,27+,28-,30-,31-,32+/m1/s1. The lowest BCUT2D eigenvalue weighted by Crippen LogP contribution is -2.60. The second kappa shape index (κ2) is 17.3. The number of esters is 3. The van der Waals surface area contributed by atoms with E-state index in [-0.39, 0.29) is 11.1 Å². The predicted octanol–water partition coefficient (Wildman–Crippen LogP) is -2.22. The summed E-state index contributed by atoms with van der Waals surface area (Å²) in [4.78, 5) is 38.1. The summed E-state index contributed by atoms with van der Waals surface area (Å²) in [7, 11) is 1.10. The molecule has 1 aromatic rings. The Labute approximate surface area is 280 Å². The zero-order valence-corrected chi connectivity index (χ0v) is 26.5. The second-order valence-electron chi connectivity index (χ2n) is 11.3. The Morgan fingerprint density at radius 2 is 1.49 bits per heavy atom. The minimum Gasteiger partial charge on any atom is -0.468 e. The van der Waals surface area contributed by atoms with Crippen molar-refractivity contribution in [2.24, 2.45) is 5.92 Å².